The zero-order valence-corrected chi connectivity index (χ0v) is 19.1. The highest BCUT2D eigenvalue weighted by Crippen LogP contribution is 2.55. The maximum atomic E-state index is 6.31. The van der Waals surface area contributed by atoms with Crippen LogP contribution in [0.3, 0.4) is 0 Å². The molecular weight excluding hydrogens is 504 g/mol. The Kier molecular flexibility index (Phi) is 7.61. The second-order valence-electron chi connectivity index (χ2n) is 5.57. The Morgan fingerprint density at radius 2 is 0.960 bits per heavy atom. The van der Waals surface area contributed by atoms with Gasteiger partial charge in [0.2, 0.25) is 0 Å². The van der Waals surface area contributed by atoms with Crippen molar-refractivity contribution in [2.24, 2.45) is 0 Å². The van der Waals surface area contributed by atoms with Crippen LogP contribution in [0.25, 0.3) is 0 Å². The molecule has 0 atom stereocenters. The van der Waals surface area contributed by atoms with Crippen molar-refractivity contribution >= 4 is 82.0 Å². The second-order valence-corrected chi connectivity index (χ2v) is 10.7. The normalized spacial score (nSPS) is 11.0. The van der Waals surface area contributed by atoms with Gasteiger partial charge in [0.1, 0.15) is 23.2 Å². The van der Waals surface area contributed by atoms with E-state index in [1.807, 2.05) is 36.4 Å². The van der Waals surface area contributed by atoms with Crippen LogP contribution in [-0.2, 0) is 0 Å². The summed E-state index contributed by atoms with van der Waals surface area (Å²) in [5.74, 6) is 0. The lowest BCUT2D eigenvalue weighted by molar-refractivity contribution is 1.48. The summed E-state index contributed by atoms with van der Waals surface area (Å²) < 4.78 is 0. The van der Waals surface area contributed by atoms with E-state index in [2.05, 4.69) is 43.3 Å². The van der Waals surface area contributed by atoms with E-state index in [1.165, 1.54) is 15.9 Å². The van der Waals surface area contributed by atoms with Crippen LogP contribution < -0.4 is 15.9 Å². The molecule has 0 aliphatic heterocycles. The third kappa shape index (κ3) is 4.34. The third-order valence-corrected chi connectivity index (χ3v) is 9.35. The molecule has 0 fully saturated rings. The third-order valence-electron chi connectivity index (χ3n) is 4.22. The minimum Gasteiger partial charge on any atom is -0.107 e. The molecule has 0 nitrogen and oxygen atoms in total. The first-order valence-corrected chi connectivity index (χ1v) is 10.8. The van der Waals surface area contributed by atoms with Gasteiger partial charge in [-0.1, -0.05) is 53.0 Å². The summed E-state index contributed by atoms with van der Waals surface area (Å²) in [6, 6.07) is 24.4. The van der Waals surface area contributed by atoms with Gasteiger partial charge in [-0.15, -0.1) is 24.0 Å². The molecule has 0 aromatic heterocycles. The van der Waals surface area contributed by atoms with E-state index in [0.717, 1.165) is 21.2 Å². The van der Waals surface area contributed by atoms with Crippen LogP contribution >= 0.6 is 66.0 Å². The van der Waals surface area contributed by atoms with Crippen LogP contribution in [0.4, 0.5) is 0 Å². The fourth-order valence-electron chi connectivity index (χ4n) is 3.14. The SMILES string of the molecule is CC[P+](c1cccc(Cl)c1)(c1cccc(Cl)c1)c1cccc(Cl)c1.I. The minimum absolute atomic E-state index is 0. The van der Waals surface area contributed by atoms with Crippen molar-refractivity contribution in [3.63, 3.8) is 0 Å². The molecule has 0 heterocycles. The molecule has 0 spiro atoms. The number of hydrogen-bond donors (Lipinski definition) is 0. The lowest BCUT2D eigenvalue weighted by atomic mass is 10.3. The lowest BCUT2D eigenvalue weighted by Crippen LogP contribution is -2.32. The van der Waals surface area contributed by atoms with Crippen LogP contribution in [0.15, 0.2) is 72.8 Å². The first kappa shape index (κ1) is 21.0. The van der Waals surface area contributed by atoms with E-state index in [1.54, 1.807) is 0 Å². The quantitative estimate of drug-likeness (QED) is 0.268. The summed E-state index contributed by atoms with van der Waals surface area (Å²) >= 11 is 18.9. The van der Waals surface area contributed by atoms with Crippen LogP contribution in [0.1, 0.15) is 6.92 Å². The van der Waals surface area contributed by atoms with Crippen molar-refractivity contribution < 1.29 is 0 Å². The first-order chi connectivity index (χ1) is 11.6. The molecule has 0 amide bonds. The van der Waals surface area contributed by atoms with E-state index in [0.29, 0.717) is 0 Å². The average Bonchev–Trinajstić information content (AvgIpc) is 2.56. The Balaban J connectivity index is 0.00000225. The summed E-state index contributed by atoms with van der Waals surface area (Å²) in [6.07, 6.45) is 0.966. The Hall–Kier alpha value is -0.310. The molecule has 0 aliphatic carbocycles. The number of rotatable bonds is 4. The molecule has 0 saturated heterocycles. The van der Waals surface area contributed by atoms with Crippen LogP contribution in [0.5, 0.6) is 0 Å². The fourth-order valence-corrected chi connectivity index (χ4v) is 8.02. The summed E-state index contributed by atoms with van der Waals surface area (Å²) in [6.45, 7) is 2.22. The van der Waals surface area contributed by atoms with E-state index in [-0.39, 0.29) is 24.0 Å². The fraction of sp³-hybridized carbons (Fsp3) is 0.100. The van der Waals surface area contributed by atoms with Crippen LogP contribution in [0.2, 0.25) is 15.1 Å². The van der Waals surface area contributed by atoms with Gasteiger partial charge in [-0.2, -0.15) is 0 Å². The van der Waals surface area contributed by atoms with E-state index >= 15 is 0 Å². The largest absolute Gasteiger partial charge is 0.112 e. The number of hydrogen-bond acceptors (Lipinski definition) is 0. The van der Waals surface area contributed by atoms with Crippen LogP contribution in [0, 0.1) is 0 Å². The average molecular weight is 523 g/mol. The van der Waals surface area contributed by atoms with Gasteiger partial charge in [-0.3, -0.25) is 0 Å². The summed E-state index contributed by atoms with van der Waals surface area (Å²) in [5.41, 5.74) is 0. The highest BCUT2D eigenvalue weighted by molar-refractivity contribution is 14.0. The van der Waals surface area contributed by atoms with Crippen molar-refractivity contribution in [2.45, 2.75) is 6.92 Å². The molecule has 0 unspecified atom stereocenters. The van der Waals surface area contributed by atoms with Gasteiger partial charge in [0.15, 0.2) is 0 Å². The Labute approximate surface area is 181 Å². The molecule has 0 aliphatic rings. The van der Waals surface area contributed by atoms with Gasteiger partial charge in [0, 0.05) is 15.1 Å². The monoisotopic (exact) mass is 521 g/mol. The number of halogens is 4. The molecule has 0 radical (unpaired) electrons. The smallest absolute Gasteiger partial charge is 0.107 e. The maximum absolute atomic E-state index is 6.31. The second kappa shape index (κ2) is 9.06. The van der Waals surface area contributed by atoms with Crippen LogP contribution in [-0.4, -0.2) is 6.16 Å². The van der Waals surface area contributed by atoms with Crippen molar-refractivity contribution in [1.82, 2.24) is 0 Å². The molecule has 0 N–H and O–H groups in total. The van der Waals surface area contributed by atoms with E-state index in [9.17, 15) is 0 Å². The van der Waals surface area contributed by atoms with Gasteiger partial charge < -0.3 is 0 Å². The first-order valence-electron chi connectivity index (χ1n) is 7.73. The van der Waals surface area contributed by atoms with Crippen molar-refractivity contribution in [1.29, 1.82) is 0 Å². The molecule has 3 aromatic carbocycles. The van der Waals surface area contributed by atoms with Crippen molar-refractivity contribution in [3.8, 4) is 0 Å². The molecule has 5 heteroatoms. The zero-order chi connectivity index (χ0) is 17.2. The molecule has 3 aromatic rings. The summed E-state index contributed by atoms with van der Waals surface area (Å²) in [7, 11) is -1.87. The van der Waals surface area contributed by atoms with Gasteiger partial charge >= 0.3 is 0 Å². The molecule has 0 saturated carbocycles. The molecule has 3 rings (SSSR count). The van der Waals surface area contributed by atoms with Gasteiger partial charge in [-0.25, -0.2) is 0 Å². The zero-order valence-electron chi connectivity index (χ0n) is 13.6. The predicted molar refractivity (Wildman–Crippen MR) is 126 cm³/mol. The molecular formula is C20H18Cl3IP+. The standard InChI is InChI=1S/C20H17Cl3P.HI/c1-2-24(18-9-3-6-15(21)12-18,19-10-4-7-16(22)13-19)20-11-5-8-17(23)14-20;/h3-14H,2H2,1H3;1H/q+1;. The van der Waals surface area contributed by atoms with Gasteiger partial charge in [0.25, 0.3) is 0 Å². The Morgan fingerprint density at radius 3 is 1.20 bits per heavy atom. The predicted octanol–water partition coefficient (Wildman–Crippen LogP) is 6.58. The summed E-state index contributed by atoms with van der Waals surface area (Å²) in [4.78, 5) is 0. The lowest BCUT2D eigenvalue weighted by Gasteiger charge is -2.26. The van der Waals surface area contributed by atoms with Crippen molar-refractivity contribution in [2.75, 3.05) is 6.16 Å². The molecule has 0 bridgehead atoms. The highest BCUT2D eigenvalue weighted by Gasteiger charge is 2.44. The Bertz CT molecular complexity index is 756. The number of benzene rings is 3. The topological polar surface area (TPSA) is 0 Å². The van der Waals surface area contributed by atoms with E-state index in [4.69, 9.17) is 34.8 Å². The molecule has 25 heavy (non-hydrogen) atoms. The summed E-state index contributed by atoms with van der Waals surface area (Å²) in [5, 5.41) is 5.95. The molecule has 130 valence electrons. The van der Waals surface area contributed by atoms with Crippen molar-refractivity contribution in [3.05, 3.63) is 87.9 Å². The van der Waals surface area contributed by atoms with Gasteiger partial charge in [-0.05, 0) is 61.5 Å². The van der Waals surface area contributed by atoms with E-state index < -0.39 is 7.26 Å². The maximum Gasteiger partial charge on any atom is 0.112 e. The highest BCUT2D eigenvalue weighted by atomic mass is 127. The minimum atomic E-state index is -1.87. The Morgan fingerprint density at radius 1 is 0.640 bits per heavy atom. The van der Waals surface area contributed by atoms with Gasteiger partial charge in [0.05, 0.1) is 6.16 Å².